The molecule has 1 aromatic carbocycles. The number of hydrogen-bond acceptors (Lipinski definition) is 5. The molecule has 4 rings (SSSR count). The van der Waals surface area contributed by atoms with Crippen molar-refractivity contribution in [1.82, 2.24) is 4.90 Å². The molecular weight excluding hydrogens is 388 g/mol. The molecule has 1 N–H and O–H groups in total. The number of ether oxygens (including phenoxy) is 2. The summed E-state index contributed by atoms with van der Waals surface area (Å²) in [6, 6.07) is 11.3. The van der Waals surface area contributed by atoms with Gasteiger partial charge in [0.05, 0.1) is 23.1 Å². The van der Waals surface area contributed by atoms with Crippen molar-refractivity contribution in [3.05, 3.63) is 46.8 Å². The second-order valence-corrected chi connectivity index (χ2v) is 8.64. The number of rotatable bonds is 8. The molecule has 1 aliphatic carbocycles. The SMILES string of the molecule is COc1ccccc1CN(CC1CCCO1)C(=O)c1ccc(NC(=O)C2CC2)s1. The van der Waals surface area contributed by atoms with Crippen LogP contribution in [0.15, 0.2) is 36.4 Å². The highest BCUT2D eigenvalue weighted by Gasteiger charge is 2.30. The highest BCUT2D eigenvalue weighted by atomic mass is 32.1. The van der Waals surface area contributed by atoms with Crippen LogP contribution in [0.1, 0.15) is 40.9 Å². The van der Waals surface area contributed by atoms with Gasteiger partial charge in [-0.3, -0.25) is 9.59 Å². The third-order valence-corrected chi connectivity index (χ3v) is 6.29. The maximum Gasteiger partial charge on any atom is 0.264 e. The molecule has 2 heterocycles. The lowest BCUT2D eigenvalue weighted by Gasteiger charge is -2.26. The first-order valence-corrected chi connectivity index (χ1v) is 10.9. The maximum absolute atomic E-state index is 13.3. The lowest BCUT2D eigenvalue weighted by atomic mass is 10.1. The number of methoxy groups -OCH3 is 1. The number of benzene rings is 1. The highest BCUT2D eigenvalue weighted by Crippen LogP contribution is 2.32. The van der Waals surface area contributed by atoms with Gasteiger partial charge < -0.3 is 19.7 Å². The van der Waals surface area contributed by atoms with E-state index >= 15 is 0 Å². The Labute approximate surface area is 174 Å². The zero-order valence-electron chi connectivity index (χ0n) is 16.6. The zero-order valence-corrected chi connectivity index (χ0v) is 17.4. The molecule has 2 amide bonds. The Balaban J connectivity index is 1.50. The standard InChI is InChI=1S/C22H26N2O4S/c1-27-18-7-3-2-5-16(18)13-24(14-17-6-4-12-28-17)22(26)19-10-11-20(29-19)23-21(25)15-8-9-15/h2-3,5,7,10-11,15,17H,4,6,8-9,12-14H2,1H3,(H,23,25). The van der Waals surface area contributed by atoms with Gasteiger partial charge in [0.2, 0.25) is 5.91 Å². The van der Waals surface area contributed by atoms with E-state index in [1.807, 2.05) is 35.2 Å². The van der Waals surface area contributed by atoms with Crippen LogP contribution in [0.25, 0.3) is 0 Å². The van der Waals surface area contributed by atoms with Gasteiger partial charge in [0, 0.05) is 31.2 Å². The van der Waals surface area contributed by atoms with E-state index in [1.54, 1.807) is 13.2 Å². The molecule has 2 fully saturated rings. The van der Waals surface area contributed by atoms with E-state index in [1.165, 1.54) is 11.3 Å². The van der Waals surface area contributed by atoms with E-state index in [0.29, 0.717) is 18.0 Å². The molecule has 1 saturated carbocycles. The van der Waals surface area contributed by atoms with E-state index in [-0.39, 0.29) is 23.8 Å². The lowest BCUT2D eigenvalue weighted by Crippen LogP contribution is -2.36. The number of amides is 2. The maximum atomic E-state index is 13.3. The van der Waals surface area contributed by atoms with Gasteiger partial charge in [-0.25, -0.2) is 0 Å². The van der Waals surface area contributed by atoms with Crippen LogP contribution in [-0.2, 0) is 16.1 Å². The van der Waals surface area contributed by atoms with E-state index in [4.69, 9.17) is 9.47 Å². The van der Waals surface area contributed by atoms with E-state index in [9.17, 15) is 9.59 Å². The van der Waals surface area contributed by atoms with Crippen molar-refractivity contribution in [2.45, 2.75) is 38.3 Å². The molecule has 1 saturated heterocycles. The van der Waals surface area contributed by atoms with Crippen molar-refractivity contribution in [3.63, 3.8) is 0 Å². The number of carbonyl (C=O) groups excluding carboxylic acids is 2. The third kappa shape index (κ3) is 4.97. The van der Waals surface area contributed by atoms with Crippen LogP contribution in [-0.4, -0.2) is 43.1 Å². The quantitative estimate of drug-likeness (QED) is 0.711. The second kappa shape index (κ2) is 8.97. The largest absolute Gasteiger partial charge is 0.496 e. The van der Waals surface area contributed by atoms with E-state index in [2.05, 4.69) is 5.32 Å². The fraction of sp³-hybridized carbons (Fsp3) is 0.455. The van der Waals surface area contributed by atoms with Gasteiger partial charge in [0.25, 0.3) is 5.91 Å². The number of para-hydroxylation sites is 1. The van der Waals surface area contributed by atoms with Crippen LogP contribution in [0, 0.1) is 5.92 Å². The number of nitrogens with one attached hydrogen (secondary N) is 1. The fourth-order valence-electron chi connectivity index (χ4n) is 3.54. The Bertz CT molecular complexity index is 871. The van der Waals surface area contributed by atoms with E-state index < -0.39 is 0 Å². The molecule has 0 radical (unpaired) electrons. The normalized spacial score (nSPS) is 18.4. The summed E-state index contributed by atoms with van der Waals surface area (Å²) in [6.45, 7) is 1.74. The van der Waals surface area contributed by atoms with Gasteiger partial charge in [0.15, 0.2) is 0 Å². The van der Waals surface area contributed by atoms with Crippen molar-refractivity contribution in [2.24, 2.45) is 5.92 Å². The van der Waals surface area contributed by atoms with Crippen molar-refractivity contribution in [2.75, 3.05) is 25.6 Å². The van der Waals surface area contributed by atoms with Gasteiger partial charge in [-0.2, -0.15) is 0 Å². The zero-order chi connectivity index (χ0) is 20.2. The summed E-state index contributed by atoms with van der Waals surface area (Å²) in [4.78, 5) is 27.7. The molecule has 0 spiro atoms. The minimum absolute atomic E-state index is 0.0519. The molecular formula is C22H26N2O4S. The summed E-state index contributed by atoms with van der Waals surface area (Å²) < 4.78 is 11.2. The topological polar surface area (TPSA) is 67.9 Å². The highest BCUT2D eigenvalue weighted by molar-refractivity contribution is 7.18. The molecule has 29 heavy (non-hydrogen) atoms. The second-order valence-electron chi connectivity index (χ2n) is 7.56. The fourth-order valence-corrected chi connectivity index (χ4v) is 4.41. The Kier molecular flexibility index (Phi) is 6.16. The Hall–Kier alpha value is -2.38. The Morgan fingerprint density at radius 1 is 1.21 bits per heavy atom. The predicted molar refractivity (Wildman–Crippen MR) is 112 cm³/mol. The monoisotopic (exact) mass is 414 g/mol. The van der Waals surface area contributed by atoms with E-state index in [0.717, 1.165) is 48.6 Å². The van der Waals surface area contributed by atoms with Crippen LogP contribution in [0.2, 0.25) is 0 Å². The molecule has 1 aromatic heterocycles. The van der Waals surface area contributed by atoms with Crippen molar-refractivity contribution >= 4 is 28.2 Å². The molecule has 6 nitrogen and oxygen atoms in total. The average Bonchev–Trinajstić information content (AvgIpc) is 3.27. The van der Waals surface area contributed by atoms with Crippen LogP contribution in [0.5, 0.6) is 5.75 Å². The first kappa shape index (κ1) is 19.9. The number of nitrogens with zero attached hydrogens (tertiary/aromatic N) is 1. The summed E-state index contributed by atoms with van der Waals surface area (Å²) >= 11 is 1.33. The van der Waals surface area contributed by atoms with Gasteiger partial charge in [-0.15, -0.1) is 11.3 Å². The Morgan fingerprint density at radius 2 is 2.03 bits per heavy atom. The summed E-state index contributed by atoms with van der Waals surface area (Å²) in [7, 11) is 1.64. The molecule has 2 aromatic rings. The smallest absolute Gasteiger partial charge is 0.264 e. The number of anilines is 1. The van der Waals surface area contributed by atoms with Crippen molar-refractivity contribution in [1.29, 1.82) is 0 Å². The average molecular weight is 415 g/mol. The molecule has 2 aliphatic rings. The van der Waals surface area contributed by atoms with Crippen LogP contribution >= 0.6 is 11.3 Å². The predicted octanol–water partition coefficient (Wildman–Crippen LogP) is 3.93. The third-order valence-electron chi connectivity index (χ3n) is 5.30. The number of carbonyl (C=O) groups is 2. The first-order valence-electron chi connectivity index (χ1n) is 10.1. The molecule has 1 unspecified atom stereocenters. The van der Waals surface area contributed by atoms with Crippen LogP contribution in [0.4, 0.5) is 5.00 Å². The van der Waals surface area contributed by atoms with Crippen LogP contribution in [0.3, 0.4) is 0 Å². The summed E-state index contributed by atoms with van der Waals surface area (Å²) in [6.07, 6.45) is 3.96. The molecule has 1 atom stereocenters. The van der Waals surface area contributed by atoms with Gasteiger partial charge in [-0.1, -0.05) is 18.2 Å². The summed E-state index contributed by atoms with van der Waals surface area (Å²) in [5.74, 6) is 0.901. The molecule has 1 aliphatic heterocycles. The summed E-state index contributed by atoms with van der Waals surface area (Å²) in [5, 5.41) is 3.65. The first-order chi connectivity index (χ1) is 14.1. The minimum atomic E-state index is -0.0525. The number of thiophene rings is 1. The molecule has 0 bridgehead atoms. The van der Waals surface area contributed by atoms with Gasteiger partial charge in [0.1, 0.15) is 5.75 Å². The van der Waals surface area contributed by atoms with Crippen molar-refractivity contribution in [3.8, 4) is 5.75 Å². The summed E-state index contributed by atoms with van der Waals surface area (Å²) in [5.41, 5.74) is 0.958. The van der Waals surface area contributed by atoms with Gasteiger partial charge in [-0.05, 0) is 43.9 Å². The molecule has 154 valence electrons. The van der Waals surface area contributed by atoms with Crippen LogP contribution < -0.4 is 10.1 Å². The Morgan fingerprint density at radius 3 is 2.76 bits per heavy atom. The minimum Gasteiger partial charge on any atom is -0.496 e. The lowest BCUT2D eigenvalue weighted by molar-refractivity contribution is -0.117. The molecule has 7 heteroatoms. The van der Waals surface area contributed by atoms with Gasteiger partial charge >= 0.3 is 0 Å². The number of hydrogen-bond donors (Lipinski definition) is 1. The van der Waals surface area contributed by atoms with Crippen molar-refractivity contribution < 1.29 is 19.1 Å².